The van der Waals surface area contributed by atoms with Gasteiger partial charge in [-0.3, -0.25) is 4.79 Å². The lowest BCUT2D eigenvalue weighted by Gasteiger charge is -2.31. The molecule has 2 heterocycles. The average molecular weight is 394 g/mol. The fourth-order valence-corrected chi connectivity index (χ4v) is 3.13. The zero-order valence-corrected chi connectivity index (χ0v) is 15.4. The average Bonchev–Trinajstić information content (AvgIpc) is 2.67. The molecule has 150 valence electrons. The summed E-state index contributed by atoms with van der Waals surface area (Å²) in [6.07, 6.45) is -3.49. The van der Waals surface area contributed by atoms with E-state index in [9.17, 15) is 18.0 Å². The summed E-state index contributed by atoms with van der Waals surface area (Å²) in [5.74, 6) is 0.118. The monoisotopic (exact) mass is 394 g/mol. The summed E-state index contributed by atoms with van der Waals surface area (Å²) < 4.78 is 41.5. The molecule has 1 saturated heterocycles. The summed E-state index contributed by atoms with van der Waals surface area (Å²) in [7, 11) is 0. The maximum absolute atomic E-state index is 12.5. The van der Waals surface area contributed by atoms with Gasteiger partial charge in [-0.2, -0.15) is 5.10 Å². The van der Waals surface area contributed by atoms with Crippen LogP contribution in [0.15, 0.2) is 36.4 Å². The second kappa shape index (κ2) is 8.45. The first kappa shape index (κ1) is 19.9. The zero-order chi connectivity index (χ0) is 20.1. The van der Waals surface area contributed by atoms with Crippen LogP contribution in [0.1, 0.15) is 24.1 Å². The molecule has 0 saturated carbocycles. The Morgan fingerprint density at radius 2 is 1.89 bits per heavy atom. The Balaban J connectivity index is 1.52. The van der Waals surface area contributed by atoms with Crippen LogP contribution >= 0.6 is 0 Å². The van der Waals surface area contributed by atoms with Gasteiger partial charge in [0.1, 0.15) is 5.75 Å². The van der Waals surface area contributed by atoms with Crippen molar-refractivity contribution in [3.05, 3.63) is 47.7 Å². The molecule has 1 fully saturated rings. The van der Waals surface area contributed by atoms with Gasteiger partial charge in [-0.05, 0) is 38.0 Å². The van der Waals surface area contributed by atoms with Crippen LogP contribution in [0.2, 0.25) is 0 Å². The van der Waals surface area contributed by atoms with E-state index >= 15 is 0 Å². The first-order valence-corrected chi connectivity index (χ1v) is 8.98. The van der Waals surface area contributed by atoms with E-state index in [1.54, 1.807) is 6.07 Å². The number of amides is 1. The van der Waals surface area contributed by atoms with Crippen molar-refractivity contribution in [2.45, 2.75) is 32.7 Å². The molecule has 1 aromatic heterocycles. The summed E-state index contributed by atoms with van der Waals surface area (Å²) in [5, 5.41) is 10.9. The molecule has 2 aromatic rings. The number of nitrogens with one attached hydrogen (secondary N) is 1. The highest BCUT2D eigenvalue weighted by molar-refractivity contribution is 5.79. The molecule has 1 aliphatic heterocycles. The number of aryl methyl sites for hydroxylation is 1. The van der Waals surface area contributed by atoms with E-state index in [2.05, 4.69) is 25.2 Å². The van der Waals surface area contributed by atoms with Gasteiger partial charge in [0.2, 0.25) is 5.91 Å². The number of nitrogens with zero attached hydrogens (tertiary/aromatic N) is 3. The first-order chi connectivity index (χ1) is 13.3. The normalized spacial score (nSPS) is 15.4. The number of aromatic nitrogens is 2. The third-order valence-corrected chi connectivity index (χ3v) is 4.62. The lowest BCUT2D eigenvalue weighted by molar-refractivity contribution is -0.274. The Bertz CT molecular complexity index is 804. The van der Waals surface area contributed by atoms with E-state index in [0.717, 1.165) is 11.5 Å². The van der Waals surface area contributed by atoms with Gasteiger partial charge >= 0.3 is 6.36 Å². The third kappa shape index (κ3) is 5.34. The summed E-state index contributed by atoms with van der Waals surface area (Å²) in [6, 6.07) is 9.58. The van der Waals surface area contributed by atoms with E-state index in [-0.39, 0.29) is 29.7 Å². The molecular weight excluding hydrogens is 373 g/mol. The number of carbonyl (C=O) groups excluding carboxylic acids is 1. The Morgan fingerprint density at radius 3 is 2.54 bits per heavy atom. The fraction of sp³-hybridized carbons (Fsp3) is 0.421. The van der Waals surface area contributed by atoms with Crippen LogP contribution < -0.4 is 15.0 Å². The fourth-order valence-electron chi connectivity index (χ4n) is 3.13. The largest absolute Gasteiger partial charge is 0.573 e. The Kier molecular flexibility index (Phi) is 6.01. The SMILES string of the molecule is Cc1ccc(N2CCC(C(=O)NCc3ccccc3OC(F)(F)F)CC2)nn1. The molecule has 0 unspecified atom stereocenters. The second-order valence-corrected chi connectivity index (χ2v) is 6.67. The van der Waals surface area contributed by atoms with E-state index < -0.39 is 6.36 Å². The molecule has 0 aliphatic carbocycles. The molecule has 1 N–H and O–H groups in total. The Hall–Kier alpha value is -2.84. The van der Waals surface area contributed by atoms with Gasteiger partial charge < -0.3 is 15.0 Å². The van der Waals surface area contributed by atoms with Gasteiger partial charge in [0.15, 0.2) is 5.82 Å². The van der Waals surface area contributed by atoms with Gasteiger partial charge in [-0.15, -0.1) is 18.3 Å². The van der Waals surface area contributed by atoms with Gasteiger partial charge in [-0.1, -0.05) is 18.2 Å². The van der Waals surface area contributed by atoms with Crippen molar-refractivity contribution in [1.82, 2.24) is 15.5 Å². The van der Waals surface area contributed by atoms with Crippen molar-refractivity contribution in [2.24, 2.45) is 5.92 Å². The number of benzene rings is 1. The Labute approximate surface area is 160 Å². The molecule has 1 amide bonds. The molecule has 3 rings (SSSR count). The predicted molar refractivity (Wildman–Crippen MR) is 96.7 cm³/mol. The number of rotatable bonds is 5. The highest BCUT2D eigenvalue weighted by atomic mass is 19.4. The van der Waals surface area contributed by atoms with Crippen LogP contribution in [0.3, 0.4) is 0 Å². The minimum Gasteiger partial charge on any atom is -0.405 e. The molecule has 0 atom stereocenters. The van der Waals surface area contributed by atoms with E-state index in [1.807, 2.05) is 19.1 Å². The zero-order valence-electron chi connectivity index (χ0n) is 15.4. The second-order valence-electron chi connectivity index (χ2n) is 6.67. The van der Waals surface area contributed by atoms with Crippen LogP contribution in [0.4, 0.5) is 19.0 Å². The maximum Gasteiger partial charge on any atom is 0.573 e. The molecular formula is C19H21F3N4O2. The van der Waals surface area contributed by atoms with Gasteiger partial charge in [0, 0.05) is 31.1 Å². The van der Waals surface area contributed by atoms with Crippen molar-refractivity contribution in [3.8, 4) is 5.75 Å². The highest BCUT2D eigenvalue weighted by Crippen LogP contribution is 2.26. The number of para-hydroxylation sites is 1. The third-order valence-electron chi connectivity index (χ3n) is 4.62. The number of hydrogen-bond acceptors (Lipinski definition) is 5. The first-order valence-electron chi connectivity index (χ1n) is 8.98. The standard InChI is InChI=1S/C19H21F3N4O2/c1-13-6-7-17(25-24-13)26-10-8-14(9-11-26)18(27)23-12-15-4-2-3-5-16(15)28-19(20,21)22/h2-7,14H,8-12H2,1H3,(H,23,27). The summed E-state index contributed by atoms with van der Waals surface area (Å²) in [6.45, 7) is 3.19. The summed E-state index contributed by atoms with van der Waals surface area (Å²) in [4.78, 5) is 14.5. The van der Waals surface area contributed by atoms with Crippen LogP contribution in [-0.4, -0.2) is 35.6 Å². The van der Waals surface area contributed by atoms with Crippen molar-refractivity contribution >= 4 is 11.7 Å². The molecule has 0 spiro atoms. The smallest absolute Gasteiger partial charge is 0.405 e. The lowest BCUT2D eigenvalue weighted by atomic mass is 9.96. The van der Waals surface area contributed by atoms with Crippen molar-refractivity contribution in [1.29, 1.82) is 0 Å². The number of ether oxygens (including phenoxy) is 1. The van der Waals surface area contributed by atoms with E-state index in [0.29, 0.717) is 25.9 Å². The quantitative estimate of drug-likeness (QED) is 0.844. The number of piperidine rings is 1. The molecule has 1 aliphatic rings. The van der Waals surface area contributed by atoms with Gasteiger partial charge in [0.25, 0.3) is 0 Å². The molecule has 9 heteroatoms. The van der Waals surface area contributed by atoms with E-state index in [1.165, 1.54) is 18.2 Å². The van der Waals surface area contributed by atoms with Crippen LogP contribution in [0.5, 0.6) is 5.75 Å². The Morgan fingerprint density at radius 1 is 1.18 bits per heavy atom. The minimum atomic E-state index is -4.77. The van der Waals surface area contributed by atoms with E-state index in [4.69, 9.17) is 0 Å². The van der Waals surface area contributed by atoms with Crippen LogP contribution in [-0.2, 0) is 11.3 Å². The maximum atomic E-state index is 12.5. The van der Waals surface area contributed by atoms with Crippen LogP contribution in [0, 0.1) is 12.8 Å². The molecule has 6 nitrogen and oxygen atoms in total. The number of hydrogen-bond donors (Lipinski definition) is 1. The minimum absolute atomic E-state index is 0.0191. The van der Waals surface area contributed by atoms with Gasteiger partial charge in [-0.25, -0.2) is 0 Å². The molecule has 28 heavy (non-hydrogen) atoms. The number of alkyl halides is 3. The van der Waals surface area contributed by atoms with Gasteiger partial charge in [0.05, 0.1) is 5.69 Å². The molecule has 0 bridgehead atoms. The number of anilines is 1. The van der Waals surface area contributed by atoms with Crippen molar-refractivity contribution in [3.63, 3.8) is 0 Å². The molecule has 0 radical (unpaired) electrons. The highest BCUT2D eigenvalue weighted by Gasteiger charge is 2.32. The number of halogens is 3. The predicted octanol–water partition coefficient (Wildman–Crippen LogP) is 3.22. The summed E-state index contributed by atoms with van der Waals surface area (Å²) >= 11 is 0. The molecule has 1 aromatic carbocycles. The lowest BCUT2D eigenvalue weighted by Crippen LogP contribution is -2.40. The van der Waals surface area contributed by atoms with Crippen molar-refractivity contribution in [2.75, 3.05) is 18.0 Å². The number of carbonyl (C=O) groups is 1. The topological polar surface area (TPSA) is 67.4 Å². The van der Waals surface area contributed by atoms with Crippen LogP contribution in [0.25, 0.3) is 0 Å². The summed E-state index contributed by atoms with van der Waals surface area (Å²) in [5.41, 5.74) is 1.12. The van der Waals surface area contributed by atoms with Crippen molar-refractivity contribution < 1.29 is 22.7 Å².